The largest absolute Gasteiger partial charge is 0.496 e. The lowest BCUT2D eigenvalue weighted by Gasteiger charge is -2.12. The first-order valence-electron chi connectivity index (χ1n) is 6.27. The normalized spacial score (nSPS) is 12.0. The molecular weight excluding hydrogens is 228 g/mol. The molecule has 1 atom stereocenters. The van der Waals surface area contributed by atoms with Crippen molar-refractivity contribution in [2.24, 2.45) is 11.7 Å². The zero-order valence-electron chi connectivity index (χ0n) is 11.3. The topological polar surface area (TPSA) is 64.4 Å². The van der Waals surface area contributed by atoms with Crippen LogP contribution in [0.5, 0.6) is 5.75 Å². The van der Waals surface area contributed by atoms with E-state index in [-0.39, 0.29) is 11.8 Å². The van der Waals surface area contributed by atoms with Gasteiger partial charge in [0.1, 0.15) is 5.75 Å². The van der Waals surface area contributed by atoms with Crippen LogP contribution in [0.4, 0.5) is 0 Å². The standard InChI is InChI=1S/C14H22N2O2/c1-4-11-7-12(5-6-13(11)18-3)14(17)16-9-10(2)8-15/h5-7,10H,4,8-9,15H2,1-3H3,(H,16,17). The molecule has 1 aromatic carbocycles. The molecule has 0 saturated carbocycles. The van der Waals surface area contributed by atoms with Gasteiger partial charge >= 0.3 is 0 Å². The molecule has 0 radical (unpaired) electrons. The van der Waals surface area contributed by atoms with Crippen molar-refractivity contribution in [1.29, 1.82) is 0 Å². The Bertz CT molecular complexity index is 405. The number of hydrogen-bond donors (Lipinski definition) is 2. The lowest BCUT2D eigenvalue weighted by atomic mass is 10.1. The summed E-state index contributed by atoms with van der Waals surface area (Å²) in [5.74, 6) is 1.05. The smallest absolute Gasteiger partial charge is 0.251 e. The number of carbonyl (C=O) groups is 1. The Hall–Kier alpha value is -1.55. The van der Waals surface area contributed by atoms with Crippen LogP contribution in [-0.2, 0) is 6.42 Å². The Morgan fingerprint density at radius 1 is 1.50 bits per heavy atom. The van der Waals surface area contributed by atoms with Crippen LogP contribution in [0.25, 0.3) is 0 Å². The number of aryl methyl sites for hydroxylation is 1. The van der Waals surface area contributed by atoms with Crippen LogP contribution in [0.2, 0.25) is 0 Å². The van der Waals surface area contributed by atoms with E-state index in [2.05, 4.69) is 5.32 Å². The van der Waals surface area contributed by atoms with Crippen LogP contribution in [-0.4, -0.2) is 26.1 Å². The number of methoxy groups -OCH3 is 1. The van der Waals surface area contributed by atoms with Gasteiger partial charge in [0, 0.05) is 12.1 Å². The molecule has 0 bridgehead atoms. The van der Waals surface area contributed by atoms with Crippen LogP contribution in [0.3, 0.4) is 0 Å². The number of carbonyl (C=O) groups excluding carboxylic acids is 1. The molecule has 1 rings (SSSR count). The number of nitrogens with two attached hydrogens (primary N) is 1. The number of rotatable bonds is 6. The highest BCUT2D eigenvalue weighted by Crippen LogP contribution is 2.20. The van der Waals surface area contributed by atoms with Crippen molar-refractivity contribution >= 4 is 5.91 Å². The Kier molecular flexibility index (Phi) is 5.65. The molecule has 0 saturated heterocycles. The molecule has 0 aliphatic rings. The summed E-state index contributed by atoms with van der Waals surface area (Å²) in [6.07, 6.45) is 0.837. The van der Waals surface area contributed by atoms with Crippen LogP contribution >= 0.6 is 0 Å². The average Bonchev–Trinajstić information content (AvgIpc) is 2.43. The Labute approximate surface area is 109 Å². The molecule has 100 valence electrons. The number of ether oxygens (including phenoxy) is 1. The highest BCUT2D eigenvalue weighted by Gasteiger charge is 2.10. The molecule has 3 N–H and O–H groups in total. The SMILES string of the molecule is CCc1cc(C(=O)NCC(C)CN)ccc1OC. The van der Waals surface area contributed by atoms with Gasteiger partial charge in [0.2, 0.25) is 0 Å². The van der Waals surface area contributed by atoms with E-state index in [9.17, 15) is 4.79 Å². The van der Waals surface area contributed by atoms with Gasteiger partial charge < -0.3 is 15.8 Å². The molecule has 0 aromatic heterocycles. The zero-order chi connectivity index (χ0) is 13.5. The predicted octanol–water partition coefficient (Wildman–Crippen LogP) is 1.58. The monoisotopic (exact) mass is 250 g/mol. The summed E-state index contributed by atoms with van der Waals surface area (Å²) in [5.41, 5.74) is 7.22. The van der Waals surface area contributed by atoms with E-state index in [1.54, 1.807) is 13.2 Å². The van der Waals surface area contributed by atoms with E-state index in [4.69, 9.17) is 10.5 Å². The highest BCUT2D eigenvalue weighted by atomic mass is 16.5. The zero-order valence-corrected chi connectivity index (χ0v) is 11.3. The second kappa shape index (κ2) is 7.01. The number of hydrogen-bond acceptors (Lipinski definition) is 3. The summed E-state index contributed by atoms with van der Waals surface area (Å²) in [4.78, 5) is 11.9. The van der Waals surface area contributed by atoms with Gasteiger partial charge in [-0.15, -0.1) is 0 Å². The Balaban J connectivity index is 2.74. The lowest BCUT2D eigenvalue weighted by molar-refractivity contribution is 0.0948. The predicted molar refractivity (Wildman–Crippen MR) is 72.9 cm³/mol. The minimum atomic E-state index is -0.0624. The third kappa shape index (κ3) is 3.74. The maximum absolute atomic E-state index is 11.9. The van der Waals surface area contributed by atoms with E-state index in [0.29, 0.717) is 18.7 Å². The molecule has 1 unspecified atom stereocenters. The molecule has 4 heteroatoms. The third-order valence-electron chi connectivity index (χ3n) is 2.94. The van der Waals surface area contributed by atoms with Crippen LogP contribution in [0, 0.1) is 5.92 Å². The first-order chi connectivity index (χ1) is 8.62. The fraction of sp³-hybridized carbons (Fsp3) is 0.500. The van der Waals surface area contributed by atoms with Crippen molar-refractivity contribution in [3.63, 3.8) is 0 Å². The summed E-state index contributed by atoms with van der Waals surface area (Å²) in [5, 5.41) is 2.88. The third-order valence-corrected chi connectivity index (χ3v) is 2.94. The maximum Gasteiger partial charge on any atom is 0.251 e. The van der Waals surface area contributed by atoms with E-state index >= 15 is 0 Å². The quantitative estimate of drug-likeness (QED) is 0.805. The van der Waals surface area contributed by atoms with Gasteiger partial charge in [0.15, 0.2) is 0 Å². The summed E-state index contributed by atoms with van der Waals surface area (Å²) < 4.78 is 5.24. The first-order valence-corrected chi connectivity index (χ1v) is 6.27. The van der Waals surface area contributed by atoms with Crippen LogP contribution in [0.1, 0.15) is 29.8 Å². The van der Waals surface area contributed by atoms with Gasteiger partial charge in [0.25, 0.3) is 5.91 Å². The minimum Gasteiger partial charge on any atom is -0.496 e. The van der Waals surface area contributed by atoms with Gasteiger partial charge in [-0.1, -0.05) is 13.8 Å². The average molecular weight is 250 g/mol. The van der Waals surface area contributed by atoms with Crippen LogP contribution in [0.15, 0.2) is 18.2 Å². The molecule has 1 amide bonds. The van der Waals surface area contributed by atoms with Crippen molar-refractivity contribution in [2.75, 3.05) is 20.2 Å². The van der Waals surface area contributed by atoms with Gasteiger partial charge in [0.05, 0.1) is 7.11 Å². The van der Waals surface area contributed by atoms with Crippen molar-refractivity contribution in [1.82, 2.24) is 5.32 Å². The second-order valence-electron chi connectivity index (χ2n) is 4.43. The van der Waals surface area contributed by atoms with E-state index in [1.165, 1.54) is 0 Å². The van der Waals surface area contributed by atoms with Crippen molar-refractivity contribution < 1.29 is 9.53 Å². The Morgan fingerprint density at radius 3 is 2.78 bits per heavy atom. The van der Waals surface area contributed by atoms with Gasteiger partial charge in [-0.3, -0.25) is 4.79 Å². The fourth-order valence-electron chi connectivity index (χ4n) is 1.65. The number of nitrogens with one attached hydrogen (secondary N) is 1. The van der Waals surface area contributed by atoms with Crippen molar-refractivity contribution in [3.8, 4) is 5.75 Å². The molecular formula is C14H22N2O2. The molecule has 0 aliphatic carbocycles. The Morgan fingerprint density at radius 2 is 2.22 bits per heavy atom. The molecule has 0 heterocycles. The molecule has 18 heavy (non-hydrogen) atoms. The summed E-state index contributed by atoms with van der Waals surface area (Å²) in [6, 6.07) is 5.49. The number of benzene rings is 1. The molecule has 0 aliphatic heterocycles. The van der Waals surface area contributed by atoms with E-state index < -0.39 is 0 Å². The van der Waals surface area contributed by atoms with Crippen molar-refractivity contribution in [2.45, 2.75) is 20.3 Å². The van der Waals surface area contributed by atoms with Gasteiger partial charge in [-0.2, -0.15) is 0 Å². The molecule has 0 spiro atoms. The van der Waals surface area contributed by atoms with Crippen LogP contribution < -0.4 is 15.8 Å². The maximum atomic E-state index is 11.9. The fourth-order valence-corrected chi connectivity index (χ4v) is 1.65. The summed E-state index contributed by atoms with van der Waals surface area (Å²) in [6.45, 7) is 5.22. The molecule has 1 aromatic rings. The first kappa shape index (κ1) is 14.5. The molecule has 4 nitrogen and oxygen atoms in total. The minimum absolute atomic E-state index is 0.0624. The summed E-state index contributed by atoms with van der Waals surface area (Å²) in [7, 11) is 1.64. The van der Waals surface area contributed by atoms with Gasteiger partial charge in [-0.25, -0.2) is 0 Å². The van der Waals surface area contributed by atoms with E-state index in [1.807, 2.05) is 26.0 Å². The van der Waals surface area contributed by atoms with Crippen molar-refractivity contribution in [3.05, 3.63) is 29.3 Å². The second-order valence-corrected chi connectivity index (χ2v) is 4.43. The van der Waals surface area contributed by atoms with Gasteiger partial charge in [-0.05, 0) is 42.6 Å². The summed E-state index contributed by atoms with van der Waals surface area (Å²) >= 11 is 0. The highest BCUT2D eigenvalue weighted by molar-refractivity contribution is 5.94. The lowest BCUT2D eigenvalue weighted by Crippen LogP contribution is -2.31. The number of amides is 1. The molecule has 0 fully saturated rings. The van der Waals surface area contributed by atoms with E-state index in [0.717, 1.165) is 17.7 Å².